The normalized spacial score (nSPS) is 16.9. The van der Waals surface area contributed by atoms with Gasteiger partial charge in [-0.1, -0.05) is 6.08 Å². The Labute approximate surface area is 84.8 Å². The Kier molecular flexibility index (Phi) is 7.48. The number of carbonyl (C=O) groups excluding carboxylic acids is 1. The molecule has 0 radical (unpaired) electrons. The van der Waals surface area contributed by atoms with E-state index in [4.69, 9.17) is 5.73 Å². The van der Waals surface area contributed by atoms with Crippen LogP contribution in [0.5, 0.6) is 0 Å². The van der Waals surface area contributed by atoms with Gasteiger partial charge >= 0.3 is 0 Å². The van der Waals surface area contributed by atoms with Crippen LogP contribution in [0.2, 0.25) is 0 Å². The van der Waals surface area contributed by atoms with Gasteiger partial charge in [0, 0.05) is 18.7 Å². The molecule has 1 aliphatic heterocycles. The summed E-state index contributed by atoms with van der Waals surface area (Å²) in [6.07, 6.45) is 2.69. The Bertz CT molecular complexity index is 182. The monoisotopic (exact) mass is 212 g/mol. The largest absolute Gasteiger partial charge is 0.366 e. The number of carbonyl (C=O) groups is 1. The lowest BCUT2D eigenvalue weighted by atomic mass is 10.1. The van der Waals surface area contributed by atoms with Crippen molar-refractivity contribution < 1.29 is 4.79 Å². The number of primary amides is 1. The molecular weight excluding hydrogens is 199 g/mol. The molecule has 5 heteroatoms. The fourth-order valence-corrected chi connectivity index (χ4v) is 0.994. The molecule has 3 nitrogen and oxygen atoms in total. The van der Waals surface area contributed by atoms with Gasteiger partial charge in [-0.3, -0.25) is 4.79 Å². The highest BCUT2D eigenvalue weighted by Crippen LogP contribution is 2.07. The molecule has 1 heterocycles. The molecule has 0 aromatic rings. The molecule has 0 unspecified atom stereocenters. The summed E-state index contributed by atoms with van der Waals surface area (Å²) in [4.78, 5) is 12.7. The van der Waals surface area contributed by atoms with Crippen LogP contribution < -0.4 is 5.73 Å². The number of rotatable bonds is 1. The summed E-state index contributed by atoms with van der Waals surface area (Å²) in [5.74, 6) is -0.270. The van der Waals surface area contributed by atoms with E-state index in [0.717, 1.165) is 25.1 Å². The lowest BCUT2D eigenvalue weighted by Crippen LogP contribution is -2.28. The van der Waals surface area contributed by atoms with Gasteiger partial charge in [0.05, 0.1) is 0 Å². The molecule has 0 saturated carbocycles. The molecule has 1 aliphatic rings. The number of nitrogens with zero attached hydrogens (tertiary/aromatic N) is 1. The molecule has 0 aromatic heterocycles. The van der Waals surface area contributed by atoms with Crippen LogP contribution in [-0.4, -0.2) is 30.9 Å². The first-order valence-electron chi connectivity index (χ1n) is 3.37. The van der Waals surface area contributed by atoms with Crippen LogP contribution >= 0.6 is 24.8 Å². The van der Waals surface area contributed by atoms with E-state index in [1.807, 2.05) is 13.1 Å². The highest BCUT2D eigenvalue weighted by Gasteiger charge is 2.10. The van der Waals surface area contributed by atoms with E-state index >= 15 is 0 Å². The van der Waals surface area contributed by atoms with Gasteiger partial charge in [0.25, 0.3) is 0 Å². The fourth-order valence-electron chi connectivity index (χ4n) is 0.994. The Hall–Kier alpha value is -0.250. The van der Waals surface area contributed by atoms with E-state index in [0.29, 0.717) is 0 Å². The van der Waals surface area contributed by atoms with Crippen LogP contribution in [0.1, 0.15) is 6.42 Å². The summed E-state index contributed by atoms with van der Waals surface area (Å²) < 4.78 is 0. The number of halogens is 2. The Morgan fingerprint density at radius 1 is 1.58 bits per heavy atom. The number of hydrogen-bond acceptors (Lipinski definition) is 2. The molecule has 0 saturated heterocycles. The average molecular weight is 213 g/mol. The van der Waals surface area contributed by atoms with Crippen LogP contribution in [0.4, 0.5) is 0 Å². The first-order chi connectivity index (χ1) is 4.70. The molecule has 0 bridgehead atoms. The standard InChI is InChI=1S/C7H12N2O.2ClH/c1-9-4-2-6(3-5-9)7(8)10;;/h2H,3-5H2,1H3,(H2,8,10);2*1H. The van der Waals surface area contributed by atoms with Gasteiger partial charge in [0.1, 0.15) is 0 Å². The highest BCUT2D eigenvalue weighted by molar-refractivity contribution is 5.92. The zero-order valence-corrected chi connectivity index (χ0v) is 8.58. The number of amides is 1. The minimum absolute atomic E-state index is 0. The predicted molar refractivity (Wildman–Crippen MR) is 53.9 cm³/mol. The second-order valence-electron chi connectivity index (χ2n) is 2.61. The smallest absolute Gasteiger partial charge is 0.244 e. The van der Waals surface area contributed by atoms with Crippen LogP contribution in [0.15, 0.2) is 11.6 Å². The van der Waals surface area contributed by atoms with Gasteiger partial charge in [-0.15, -0.1) is 24.8 Å². The summed E-state index contributed by atoms with van der Waals surface area (Å²) in [6, 6.07) is 0. The zero-order chi connectivity index (χ0) is 7.56. The molecule has 0 aromatic carbocycles. The number of hydrogen-bond donors (Lipinski definition) is 1. The van der Waals surface area contributed by atoms with E-state index in [1.165, 1.54) is 0 Å². The molecule has 0 atom stereocenters. The average Bonchev–Trinajstić information content (AvgIpc) is 1.88. The van der Waals surface area contributed by atoms with Crippen molar-refractivity contribution in [2.75, 3.05) is 20.1 Å². The minimum atomic E-state index is -0.270. The van der Waals surface area contributed by atoms with E-state index < -0.39 is 0 Å². The third-order valence-corrected chi connectivity index (χ3v) is 1.73. The van der Waals surface area contributed by atoms with Gasteiger partial charge in [0.2, 0.25) is 5.91 Å². The molecule has 1 rings (SSSR count). The minimum Gasteiger partial charge on any atom is -0.366 e. The van der Waals surface area contributed by atoms with Gasteiger partial charge in [-0.05, 0) is 13.5 Å². The summed E-state index contributed by atoms with van der Waals surface area (Å²) in [5.41, 5.74) is 5.86. The number of likely N-dealkylation sites (N-methyl/N-ethyl adjacent to an activating group) is 1. The second-order valence-corrected chi connectivity index (χ2v) is 2.61. The molecule has 2 N–H and O–H groups in total. The van der Waals surface area contributed by atoms with Crippen LogP contribution in [0.3, 0.4) is 0 Å². The molecule has 0 spiro atoms. The fraction of sp³-hybridized carbons (Fsp3) is 0.571. The topological polar surface area (TPSA) is 46.3 Å². The summed E-state index contributed by atoms with van der Waals surface area (Å²) >= 11 is 0. The lowest BCUT2D eigenvalue weighted by molar-refractivity contribution is -0.114. The first kappa shape index (κ1) is 14.3. The summed E-state index contributed by atoms with van der Waals surface area (Å²) in [5, 5.41) is 0. The SMILES string of the molecule is CN1CC=C(C(N)=O)CC1.Cl.Cl. The molecule has 0 fully saturated rings. The van der Waals surface area contributed by atoms with Crippen molar-refractivity contribution in [2.45, 2.75) is 6.42 Å². The summed E-state index contributed by atoms with van der Waals surface area (Å²) in [7, 11) is 2.02. The van der Waals surface area contributed by atoms with Crippen molar-refractivity contribution in [3.05, 3.63) is 11.6 Å². The van der Waals surface area contributed by atoms with Gasteiger partial charge in [0.15, 0.2) is 0 Å². The Balaban J connectivity index is 0. The van der Waals surface area contributed by atoms with Crippen molar-refractivity contribution in [3.63, 3.8) is 0 Å². The Morgan fingerprint density at radius 2 is 2.17 bits per heavy atom. The van der Waals surface area contributed by atoms with Gasteiger partial charge in [-0.2, -0.15) is 0 Å². The van der Waals surface area contributed by atoms with Crippen LogP contribution in [0, 0.1) is 0 Å². The van der Waals surface area contributed by atoms with Crippen molar-refractivity contribution in [1.82, 2.24) is 4.90 Å². The van der Waals surface area contributed by atoms with Crippen molar-refractivity contribution in [3.8, 4) is 0 Å². The van der Waals surface area contributed by atoms with Crippen molar-refractivity contribution in [1.29, 1.82) is 0 Å². The second kappa shape index (κ2) is 6.29. The maximum atomic E-state index is 10.6. The maximum Gasteiger partial charge on any atom is 0.244 e. The third-order valence-electron chi connectivity index (χ3n) is 1.73. The molecule has 0 aliphatic carbocycles. The molecule has 1 amide bonds. The number of nitrogens with two attached hydrogens (primary N) is 1. The van der Waals surface area contributed by atoms with E-state index in [2.05, 4.69) is 4.90 Å². The lowest BCUT2D eigenvalue weighted by Gasteiger charge is -2.19. The van der Waals surface area contributed by atoms with E-state index in [1.54, 1.807) is 0 Å². The van der Waals surface area contributed by atoms with Crippen molar-refractivity contribution in [2.24, 2.45) is 5.73 Å². The van der Waals surface area contributed by atoms with E-state index in [-0.39, 0.29) is 30.7 Å². The maximum absolute atomic E-state index is 10.6. The summed E-state index contributed by atoms with van der Waals surface area (Å²) in [6.45, 7) is 1.78. The van der Waals surface area contributed by atoms with Gasteiger partial charge in [-0.25, -0.2) is 0 Å². The van der Waals surface area contributed by atoms with Gasteiger partial charge < -0.3 is 10.6 Å². The third kappa shape index (κ3) is 3.95. The highest BCUT2D eigenvalue weighted by atomic mass is 35.5. The molecule has 12 heavy (non-hydrogen) atoms. The predicted octanol–water partition coefficient (Wildman–Crippen LogP) is 0.577. The zero-order valence-electron chi connectivity index (χ0n) is 6.95. The van der Waals surface area contributed by atoms with Crippen LogP contribution in [0.25, 0.3) is 0 Å². The first-order valence-corrected chi connectivity index (χ1v) is 3.37. The quantitative estimate of drug-likeness (QED) is 0.692. The van der Waals surface area contributed by atoms with Crippen LogP contribution in [-0.2, 0) is 4.79 Å². The molecular formula is C7H14Cl2N2O. The van der Waals surface area contributed by atoms with Crippen molar-refractivity contribution >= 4 is 30.7 Å². The van der Waals surface area contributed by atoms with E-state index in [9.17, 15) is 4.79 Å². The Morgan fingerprint density at radius 3 is 2.50 bits per heavy atom. The molecule has 72 valence electrons.